The van der Waals surface area contributed by atoms with Crippen molar-refractivity contribution in [2.24, 2.45) is 7.05 Å². The SMILES string of the molecule is CCNC(Cc1ccc(Cl)cc1)c1c(Br)nnn1C. The van der Waals surface area contributed by atoms with E-state index in [1.54, 1.807) is 4.68 Å². The van der Waals surface area contributed by atoms with Gasteiger partial charge in [0.2, 0.25) is 0 Å². The van der Waals surface area contributed by atoms with Crippen LogP contribution in [0.15, 0.2) is 28.9 Å². The maximum Gasteiger partial charge on any atom is 0.153 e. The van der Waals surface area contributed by atoms with E-state index in [-0.39, 0.29) is 6.04 Å². The predicted molar refractivity (Wildman–Crippen MR) is 80.3 cm³/mol. The molecule has 0 aliphatic carbocycles. The molecule has 2 rings (SSSR count). The van der Waals surface area contributed by atoms with E-state index in [1.165, 1.54) is 5.56 Å². The van der Waals surface area contributed by atoms with Crippen molar-refractivity contribution in [1.82, 2.24) is 20.3 Å². The molecule has 0 spiro atoms. The smallest absolute Gasteiger partial charge is 0.153 e. The molecule has 19 heavy (non-hydrogen) atoms. The topological polar surface area (TPSA) is 42.7 Å². The lowest BCUT2D eigenvalue weighted by Crippen LogP contribution is -2.25. The van der Waals surface area contributed by atoms with E-state index in [9.17, 15) is 0 Å². The van der Waals surface area contributed by atoms with Gasteiger partial charge in [0.05, 0.1) is 11.7 Å². The van der Waals surface area contributed by atoms with Gasteiger partial charge in [-0.1, -0.05) is 35.9 Å². The van der Waals surface area contributed by atoms with Crippen LogP contribution in [0.4, 0.5) is 0 Å². The van der Waals surface area contributed by atoms with E-state index in [0.29, 0.717) is 0 Å². The van der Waals surface area contributed by atoms with Crippen molar-refractivity contribution < 1.29 is 0 Å². The Morgan fingerprint density at radius 3 is 2.58 bits per heavy atom. The molecule has 6 heteroatoms. The van der Waals surface area contributed by atoms with Gasteiger partial charge in [0.25, 0.3) is 0 Å². The van der Waals surface area contributed by atoms with Gasteiger partial charge in [0.1, 0.15) is 0 Å². The molecule has 1 atom stereocenters. The number of aromatic nitrogens is 3. The van der Waals surface area contributed by atoms with E-state index in [0.717, 1.165) is 28.3 Å². The Morgan fingerprint density at radius 1 is 1.37 bits per heavy atom. The van der Waals surface area contributed by atoms with E-state index in [1.807, 2.05) is 31.3 Å². The maximum absolute atomic E-state index is 5.91. The third kappa shape index (κ3) is 3.55. The first kappa shape index (κ1) is 14.5. The lowest BCUT2D eigenvalue weighted by atomic mass is 10.0. The minimum absolute atomic E-state index is 0.167. The first-order valence-corrected chi connectivity index (χ1v) is 7.31. The highest BCUT2D eigenvalue weighted by molar-refractivity contribution is 9.10. The average Bonchev–Trinajstić information content (AvgIpc) is 2.71. The minimum Gasteiger partial charge on any atom is -0.309 e. The minimum atomic E-state index is 0.167. The molecule has 1 aromatic carbocycles. The fourth-order valence-corrected chi connectivity index (χ4v) is 2.81. The summed E-state index contributed by atoms with van der Waals surface area (Å²) in [5.41, 5.74) is 2.28. The van der Waals surface area contributed by atoms with E-state index < -0.39 is 0 Å². The molecule has 1 heterocycles. The number of aryl methyl sites for hydroxylation is 1. The maximum atomic E-state index is 5.91. The molecule has 0 saturated carbocycles. The molecule has 1 unspecified atom stereocenters. The van der Waals surface area contributed by atoms with Crippen LogP contribution >= 0.6 is 27.5 Å². The zero-order valence-corrected chi connectivity index (χ0v) is 13.2. The van der Waals surface area contributed by atoms with Crippen molar-refractivity contribution in [3.8, 4) is 0 Å². The van der Waals surface area contributed by atoms with Gasteiger partial charge in [-0.05, 0) is 46.6 Å². The summed E-state index contributed by atoms with van der Waals surface area (Å²) in [5, 5.41) is 12.3. The van der Waals surface area contributed by atoms with E-state index in [2.05, 4.69) is 38.5 Å². The second kappa shape index (κ2) is 6.50. The Hall–Kier alpha value is -0.910. The molecule has 0 amide bonds. The summed E-state index contributed by atoms with van der Waals surface area (Å²) in [5.74, 6) is 0. The summed E-state index contributed by atoms with van der Waals surface area (Å²) < 4.78 is 2.59. The number of likely N-dealkylation sites (N-methyl/N-ethyl adjacent to an activating group) is 1. The molecule has 0 bridgehead atoms. The van der Waals surface area contributed by atoms with Crippen LogP contribution < -0.4 is 5.32 Å². The molecule has 2 aromatic rings. The van der Waals surface area contributed by atoms with Crippen LogP contribution in [-0.2, 0) is 13.5 Å². The Bertz CT molecular complexity index is 519. The number of benzene rings is 1. The highest BCUT2D eigenvalue weighted by Crippen LogP contribution is 2.24. The van der Waals surface area contributed by atoms with Crippen LogP contribution in [-0.4, -0.2) is 21.5 Å². The quantitative estimate of drug-likeness (QED) is 0.907. The van der Waals surface area contributed by atoms with Gasteiger partial charge in [0, 0.05) is 12.1 Å². The summed E-state index contributed by atoms with van der Waals surface area (Å²) in [6.45, 7) is 2.97. The molecular weight excluding hydrogens is 328 g/mol. The highest BCUT2D eigenvalue weighted by atomic mass is 79.9. The molecule has 0 aliphatic heterocycles. The third-order valence-electron chi connectivity index (χ3n) is 2.96. The summed E-state index contributed by atoms with van der Waals surface area (Å²) in [6, 6.07) is 8.09. The fourth-order valence-electron chi connectivity index (χ4n) is 2.08. The van der Waals surface area contributed by atoms with Crippen LogP contribution in [0.3, 0.4) is 0 Å². The lowest BCUT2D eigenvalue weighted by Gasteiger charge is -2.18. The van der Waals surface area contributed by atoms with Gasteiger partial charge in [-0.3, -0.25) is 0 Å². The number of rotatable bonds is 5. The number of hydrogen-bond acceptors (Lipinski definition) is 3. The average molecular weight is 344 g/mol. The first-order chi connectivity index (χ1) is 9.11. The third-order valence-corrected chi connectivity index (χ3v) is 3.78. The summed E-state index contributed by atoms with van der Waals surface area (Å²) >= 11 is 9.37. The number of halogens is 2. The van der Waals surface area contributed by atoms with Crippen LogP contribution in [0.25, 0.3) is 0 Å². The summed E-state index contributed by atoms with van der Waals surface area (Å²) in [6.07, 6.45) is 0.866. The number of nitrogens with one attached hydrogen (secondary N) is 1. The lowest BCUT2D eigenvalue weighted by molar-refractivity contribution is 0.505. The van der Waals surface area contributed by atoms with Crippen molar-refractivity contribution in [2.75, 3.05) is 6.54 Å². The summed E-state index contributed by atoms with van der Waals surface area (Å²) in [7, 11) is 1.90. The van der Waals surface area contributed by atoms with E-state index in [4.69, 9.17) is 11.6 Å². The standard InChI is InChI=1S/C13H16BrClN4/c1-3-16-11(12-13(14)17-18-19(12)2)8-9-4-6-10(15)7-5-9/h4-7,11,16H,3,8H2,1-2H3. The fraction of sp³-hybridized carbons (Fsp3) is 0.385. The van der Waals surface area contributed by atoms with Gasteiger partial charge >= 0.3 is 0 Å². The zero-order valence-electron chi connectivity index (χ0n) is 10.9. The second-order valence-corrected chi connectivity index (χ2v) is 5.52. The monoisotopic (exact) mass is 342 g/mol. The zero-order chi connectivity index (χ0) is 13.8. The summed E-state index contributed by atoms with van der Waals surface area (Å²) in [4.78, 5) is 0. The van der Waals surface area contributed by atoms with E-state index >= 15 is 0 Å². The van der Waals surface area contributed by atoms with Gasteiger partial charge in [-0.15, -0.1) is 5.10 Å². The van der Waals surface area contributed by atoms with Crippen LogP contribution in [0, 0.1) is 0 Å². The van der Waals surface area contributed by atoms with Gasteiger partial charge in [0.15, 0.2) is 4.60 Å². The molecule has 0 fully saturated rings. The largest absolute Gasteiger partial charge is 0.309 e. The van der Waals surface area contributed by atoms with Gasteiger partial charge < -0.3 is 5.32 Å². The molecule has 0 aliphatic rings. The van der Waals surface area contributed by atoms with Crippen molar-refractivity contribution in [3.05, 3.63) is 45.1 Å². The van der Waals surface area contributed by atoms with Crippen molar-refractivity contribution in [2.45, 2.75) is 19.4 Å². The van der Waals surface area contributed by atoms with Crippen molar-refractivity contribution in [3.63, 3.8) is 0 Å². The van der Waals surface area contributed by atoms with Crippen LogP contribution in [0.1, 0.15) is 24.2 Å². The number of hydrogen-bond donors (Lipinski definition) is 1. The Balaban J connectivity index is 2.23. The molecule has 1 aromatic heterocycles. The van der Waals surface area contributed by atoms with Crippen LogP contribution in [0.2, 0.25) is 5.02 Å². The van der Waals surface area contributed by atoms with Crippen molar-refractivity contribution in [1.29, 1.82) is 0 Å². The van der Waals surface area contributed by atoms with Gasteiger partial charge in [-0.2, -0.15) is 0 Å². The molecule has 4 nitrogen and oxygen atoms in total. The highest BCUT2D eigenvalue weighted by Gasteiger charge is 2.19. The Labute approximate surface area is 126 Å². The normalized spacial score (nSPS) is 12.6. The van der Waals surface area contributed by atoms with Gasteiger partial charge in [-0.25, -0.2) is 4.68 Å². The Kier molecular flexibility index (Phi) is 4.96. The molecule has 0 radical (unpaired) electrons. The van der Waals surface area contributed by atoms with Crippen LogP contribution in [0.5, 0.6) is 0 Å². The van der Waals surface area contributed by atoms with Crippen molar-refractivity contribution >= 4 is 27.5 Å². The number of nitrogens with zero attached hydrogens (tertiary/aromatic N) is 3. The molecular formula is C13H16BrClN4. The Morgan fingerprint density at radius 2 is 2.05 bits per heavy atom. The molecule has 1 N–H and O–H groups in total. The molecule has 0 saturated heterocycles. The molecule has 102 valence electrons. The predicted octanol–water partition coefficient (Wildman–Crippen LogP) is 3.12. The second-order valence-electron chi connectivity index (χ2n) is 4.33. The first-order valence-electron chi connectivity index (χ1n) is 6.14.